The monoisotopic (exact) mass is 370 g/mol. The summed E-state index contributed by atoms with van der Waals surface area (Å²) in [4.78, 5) is 3.67. The minimum Gasteiger partial charge on any atom is -0.468 e. The fourth-order valence-corrected chi connectivity index (χ4v) is 3.59. The van der Waals surface area contributed by atoms with Crippen molar-refractivity contribution in [2.75, 3.05) is 7.05 Å². The Labute approximate surface area is 139 Å². The quantitative estimate of drug-likeness (QED) is 0.803. The molecule has 116 valence electrons. The highest BCUT2D eigenvalue weighted by atomic mass is 79.9. The first-order valence-corrected chi connectivity index (χ1v) is 8.72. The zero-order valence-corrected chi connectivity index (χ0v) is 15.5. The van der Waals surface area contributed by atoms with E-state index in [1.54, 1.807) is 17.6 Å². The maximum Gasteiger partial charge on any atom is 0.122 e. The van der Waals surface area contributed by atoms with Gasteiger partial charge in [-0.15, -0.1) is 11.3 Å². The van der Waals surface area contributed by atoms with Gasteiger partial charge in [-0.1, -0.05) is 0 Å². The van der Waals surface area contributed by atoms with Gasteiger partial charge in [0.25, 0.3) is 0 Å². The van der Waals surface area contributed by atoms with Gasteiger partial charge in [0.2, 0.25) is 0 Å². The maximum absolute atomic E-state index is 5.62. The van der Waals surface area contributed by atoms with Crippen LogP contribution in [0.5, 0.6) is 0 Å². The molecule has 0 amide bonds. The summed E-state index contributed by atoms with van der Waals surface area (Å²) in [6, 6.07) is 4.25. The Morgan fingerprint density at radius 1 is 1.33 bits per heavy atom. The molecule has 2 aromatic rings. The third-order valence-corrected chi connectivity index (χ3v) is 4.79. The van der Waals surface area contributed by atoms with E-state index < -0.39 is 0 Å². The Morgan fingerprint density at radius 3 is 2.71 bits per heavy atom. The van der Waals surface area contributed by atoms with Gasteiger partial charge in [0.15, 0.2) is 0 Å². The second-order valence-electron chi connectivity index (χ2n) is 6.38. The summed E-state index contributed by atoms with van der Waals surface area (Å²) < 4.78 is 6.78. The van der Waals surface area contributed by atoms with Gasteiger partial charge in [-0.25, -0.2) is 0 Å². The lowest BCUT2D eigenvalue weighted by molar-refractivity contribution is 0.315. The predicted octanol–water partition coefficient (Wildman–Crippen LogP) is 4.62. The molecule has 0 radical (unpaired) electrons. The number of hydrogen-bond donors (Lipinski definition) is 1. The Balaban J connectivity index is 1.92. The largest absolute Gasteiger partial charge is 0.468 e. The van der Waals surface area contributed by atoms with E-state index in [1.165, 1.54) is 10.4 Å². The van der Waals surface area contributed by atoms with Crippen LogP contribution in [0.3, 0.4) is 0 Å². The van der Waals surface area contributed by atoms with E-state index in [1.807, 2.05) is 0 Å². The first kappa shape index (κ1) is 16.7. The molecule has 0 bridgehead atoms. The highest BCUT2D eigenvalue weighted by Crippen LogP contribution is 2.22. The van der Waals surface area contributed by atoms with E-state index in [0.29, 0.717) is 0 Å². The van der Waals surface area contributed by atoms with Crippen LogP contribution in [0.15, 0.2) is 32.7 Å². The molecule has 0 aliphatic carbocycles. The van der Waals surface area contributed by atoms with Crippen molar-refractivity contribution in [3.63, 3.8) is 0 Å². The molecular weight excluding hydrogens is 348 g/mol. The van der Waals surface area contributed by atoms with Gasteiger partial charge in [0, 0.05) is 38.9 Å². The second-order valence-corrected chi connectivity index (χ2v) is 8.29. The van der Waals surface area contributed by atoms with Crippen LogP contribution in [0.25, 0.3) is 0 Å². The third kappa shape index (κ3) is 5.58. The number of hydrogen-bond acceptors (Lipinski definition) is 4. The average Bonchev–Trinajstić information content (AvgIpc) is 2.95. The number of furan rings is 1. The molecule has 0 aliphatic heterocycles. The van der Waals surface area contributed by atoms with Crippen molar-refractivity contribution in [1.82, 2.24) is 10.2 Å². The standard InChI is InChI=1S/C16H23BrN2OS/c1-16(2,3)18-8-15-12(5-6-20-15)9-19(4)10-14-7-13(17)11-21-14/h5-7,11,18H,8-10H2,1-4H3. The lowest BCUT2D eigenvalue weighted by Crippen LogP contribution is -2.35. The van der Waals surface area contributed by atoms with Crippen LogP contribution in [-0.4, -0.2) is 17.5 Å². The van der Waals surface area contributed by atoms with Crippen molar-refractivity contribution >= 4 is 27.3 Å². The number of rotatable bonds is 6. The second kappa shape index (κ2) is 7.09. The Hall–Kier alpha value is -0.620. The molecule has 0 atom stereocenters. The Bertz CT molecular complexity index is 571. The van der Waals surface area contributed by atoms with Gasteiger partial charge in [-0.3, -0.25) is 4.90 Å². The third-order valence-electron chi connectivity index (χ3n) is 3.10. The minimum absolute atomic E-state index is 0.0964. The lowest BCUT2D eigenvalue weighted by Gasteiger charge is -2.21. The van der Waals surface area contributed by atoms with Crippen molar-refractivity contribution in [2.45, 2.75) is 45.9 Å². The van der Waals surface area contributed by atoms with Crippen LogP contribution in [0, 0.1) is 0 Å². The van der Waals surface area contributed by atoms with Gasteiger partial charge >= 0.3 is 0 Å². The summed E-state index contributed by atoms with van der Waals surface area (Å²) in [6.45, 7) is 9.11. The Kier molecular flexibility index (Phi) is 5.66. The average molecular weight is 371 g/mol. The smallest absolute Gasteiger partial charge is 0.122 e. The normalized spacial score (nSPS) is 12.3. The van der Waals surface area contributed by atoms with E-state index >= 15 is 0 Å². The van der Waals surface area contributed by atoms with E-state index in [-0.39, 0.29) is 5.54 Å². The molecule has 0 fully saturated rings. The number of thiophene rings is 1. The van der Waals surface area contributed by atoms with Gasteiger partial charge in [0.1, 0.15) is 5.76 Å². The van der Waals surface area contributed by atoms with Crippen LogP contribution in [0.2, 0.25) is 0 Å². The minimum atomic E-state index is 0.0964. The molecule has 21 heavy (non-hydrogen) atoms. The molecule has 2 heterocycles. The first-order chi connectivity index (χ1) is 9.83. The number of nitrogens with one attached hydrogen (secondary N) is 1. The van der Waals surface area contributed by atoms with Crippen LogP contribution in [-0.2, 0) is 19.6 Å². The highest BCUT2D eigenvalue weighted by Gasteiger charge is 2.14. The molecule has 0 aliphatic rings. The molecule has 2 aromatic heterocycles. The maximum atomic E-state index is 5.62. The van der Waals surface area contributed by atoms with E-state index in [4.69, 9.17) is 4.42 Å². The molecular formula is C16H23BrN2OS. The summed E-state index contributed by atoms with van der Waals surface area (Å²) >= 11 is 5.29. The Morgan fingerprint density at radius 2 is 2.10 bits per heavy atom. The summed E-state index contributed by atoms with van der Waals surface area (Å²) in [7, 11) is 2.14. The van der Waals surface area contributed by atoms with Crippen LogP contribution in [0.1, 0.15) is 37.0 Å². The van der Waals surface area contributed by atoms with Gasteiger partial charge < -0.3 is 9.73 Å². The molecule has 3 nitrogen and oxygen atoms in total. The van der Waals surface area contributed by atoms with Crippen molar-refractivity contribution in [1.29, 1.82) is 0 Å². The van der Waals surface area contributed by atoms with Crippen LogP contribution in [0.4, 0.5) is 0 Å². The first-order valence-electron chi connectivity index (χ1n) is 7.05. The zero-order valence-electron chi connectivity index (χ0n) is 13.1. The van der Waals surface area contributed by atoms with Gasteiger partial charge in [0.05, 0.1) is 12.8 Å². The van der Waals surface area contributed by atoms with Crippen LogP contribution >= 0.6 is 27.3 Å². The van der Waals surface area contributed by atoms with Crippen LogP contribution < -0.4 is 5.32 Å². The molecule has 2 rings (SSSR count). The molecule has 0 aromatic carbocycles. The molecule has 0 saturated heterocycles. The molecule has 0 unspecified atom stereocenters. The SMILES string of the molecule is CN(Cc1cc(Br)cs1)Cc1ccoc1CNC(C)(C)C. The van der Waals surface area contributed by atoms with Crippen molar-refractivity contribution < 1.29 is 4.42 Å². The van der Waals surface area contributed by atoms with Crippen molar-refractivity contribution in [3.05, 3.63) is 44.4 Å². The molecule has 1 N–H and O–H groups in total. The topological polar surface area (TPSA) is 28.4 Å². The van der Waals surface area contributed by atoms with Gasteiger partial charge in [-0.05, 0) is 55.9 Å². The highest BCUT2D eigenvalue weighted by molar-refractivity contribution is 9.10. The number of halogens is 1. The molecule has 5 heteroatoms. The molecule has 0 saturated carbocycles. The predicted molar refractivity (Wildman–Crippen MR) is 92.5 cm³/mol. The summed E-state index contributed by atoms with van der Waals surface area (Å²) in [5.74, 6) is 1.03. The van der Waals surface area contributed by atoms with E-state index in [9.17, 15) is 0 Å². The number of nitrogens with zero attached hydrogens (tertiary/aromatic N) is 1. The fourth-order valence-electron chi connectivity index (χ4n) is 2.06. The van der Waals surface area contributed by atoms with E-state index in [2.05, 4.69) is 71.5 Å². The summed E-state index contributed by atoms with van der Waals surface area (Å²) in [5.41, 5.74) is 1.35. The fraction of sp³-hybridized carbons (Fsp3) is 0.500. The van der Waals surface area contributed by atoms with E-state index in [0.717, 1.165) is 29.9 Å². The molecule has 0 spiro atoms. The lowest BCUT2D eigenvalue weighted by atomic mass is 10.1. The summed E-state index contributed by atoms with van der Waals surface area (Å²) in [6.07, 6.45) is 1.78. The van der Waals surface area contributed by atoms with Crippen molar-refractivity contribution in [3.8, 4) is 0 Å². The van der Waals surface area contributed by atoms with Gasteiger partial charge in [-0.2, -0.15) is 0 Å². The van der Waals surface area contributed by atoms with Crippen molar-refractivity contribution in [2.24, 2.45) is 0 Å². The zero-order chi connectivity index (χ0) is 15.5. The summed E-state index contributed by atoms with van der Waals surface area (Å²) in [5, 5.41) is 5.60.